The van der Waals surface area contributed by atoms with Crippen LogP contribution in [0.25, 0.3) is 0 Å². The molecule has 9 nitrogen and oxygen atoms in total. The number of rotatable bonds is 0. The summed E-state index contributed by atoms with van der Waals surface area (Å²) in [6.45, 7) is -0.236. The van der Waals surface area contributed by atoms with Crippen LogP contribution in [-0.2, 0) is 22.3 Å². The predicted molar refractivity (Wildman–Crippen MR) is 68.4 cm³/mol. The van der Waals surface area contributed by atoms with E-state index in [-0.39, 0.29) is 18.8 Å². The Morgan fingerprint density at radius 2 is 1.79 bits per heavy atom. The van der Waals surface area contributed by atoms with Crippen molar-refractivity contribution in [1.82, 2.24) is 10.4 Å². The van der Waals surface area contributed by atoms with Gasteiger partial charge in [0.25, 0.3) is 0 Å². The molecule has 12 heteroatoms. The molecule has 4 N–H and O–H groups in total. The second-order valence-electron chi connectivity index (χ2n) is 4.33. The normalized spacial score (nSPS) is 47.3. The Morgan fingerprint density at radius 1 is 1.11 bits per heavy atom. The van der Waals surface area contributed by atoms with Gasteiger partial charge >= 0.3 is 15.6 Å². The van der Waals surface area contributed by atoms with Gasteiger partial charge in [0.15, 0.2) is 0 Å². The molecule has 2 aliphatic rings. The molecular weight excluding hydrogens is 317 g/mol. The van der Waals surface area contributed by atoms with Crippen LogP contribution in [0.15, 0.2) is 0 Å². The lowest BCUT2D eigenvalue weighted by Gasteiger charge is -2.32. The molecule has 0 aromatic rings. The SMILES string of the molecule is O=P1(O)OCN[C@@H]2CCCC[C@@H]2NPOP(=O)(O)O1. The smallest absolute Gasteiger partial charge is 0.302 e. The summed E-state index contributed by atoms with van der Waals surface area (Å²) in [6.07, 6.45) is 3.87. The highest BCUT2D eigenvalue weighted by atomic mass is 31.3. The van der Waals surface area contributed by atoms with Gasteiger partial charge in [-0.15, -0.1) is 0 Å². The van der Waals surface area contributed by atoms with Gasteiger partial charge < -0.3 is 9.79 Å². The Bertz CT molecular complexity index is 372. The molecule has 1 saturated carbocycles. The zero-order valence-corrected chi connectivity index (χ0v) is 12.8. The largest absolute Gasteiger partial charge is 0.485 e. The first-order valence-corrected chi connectivity index (χ1v) is 9.72. The van der Waals surface area contributed by atoms with Gasteiger partial charge in [-0.3, -0.25) is 19.2 Å². The second kappa shape index (κ2) is 6.58. The maximum Gasteiger partial charge on any atom is 0.485 e. The van der Waals surface area contributed by atoms with E-state index in [2.05, 4.69) is 23.5 Å². The minimum absolute atomic E-state index is 0.0565. The Morgan fingerprint density at radius 3 is 2.53 bits per heavy atom. The predicted octanol–water partition coefficient (Wildman–Crippen LogP) is 1.21. The van der Waals surface area contributed by atoms with Crippen LogP contribution in [0, 0.1) is 0 Å². The first kappa shape index (κ1) is 16.0. The summed E-state index contributed by atoms with van der Waals surface area (Å²) >= 11 is 0. The van der Waals surface area contributed by atoms with E-state index >= 15 is 0 Å². The molecule has 1 aliphatic heterocycles. The van der Waals surface area contributed by atoms with E-state index in [4.69, 9.17) is 0 Å². The fourth-order valence-electron chi connectivity index (χ4n) is 2.10. The molecule has 5 atom stereocenters. The van der Waals surface area contributed by atoms with Gasteiger partial charge in [-0.1, -0.05) is 12.8 Å². The van der Waals surface area contributed by atoms with Crippen LogP contribution in [0.2, 0.25) is 0 Å². The van der Waals surface area contributed by atoms with E-state index < -0.39 is 24.6 Å². The van der Waals surface area contributed by atoms with E-state index in [1.165, 1.54) is 0 Å². The Labute approximate surface area is 112 Å². The molecule has 1 aliphatic carbocycles. The van der Waals surface area contributed by atoms with Gasteiger partial charge in [-0.2, -0.15) is 4.31 Å². The first-order chi connectivity index (χ1) is 8.88. The number of fused-ring (bicyclic) bond motifs is 1. The van der Waals surface area contributed by atoms with Gasteiger partial charge in [0.05, 0.1) is 0 Å². The lowest BCUT2D eigenvalue weighted by molar-refractivity contribution is 0.158. The van der Waals surface area contributed by atoms with Crippen molar-refractivity contribution >= 4 is 24.6 Å². The van der Waals surface area contributed by atoms with Crippen molar-refractivity contribution in [3.8, 4) is 0 Å². The van der Waals surface area contributed by atoms with E-state index in [1.54, 1.807) is 0 Å². The monoisotopic (exact) mass is 334 g/mol. The highest BCUT2D eigenvalue weighted by Gasteiger charge is 2.37. The van der Waals surface area contributed by atoms with Crippen LogP contribution in [0.5, 0.6) is 0 Å². The molecule has 0 radical (unpaired) electrons. The van der Waals surface area contributed by atoms with Crippen molar-refractivity contribution in [2.45, 2.75) is 37.8 Å². The van der Waals surface area contributed by atoms with Crippen molar-refractivity contribution in [3.63, 3.8) is 0 Å². The van der Waals surface area contributed by atoms with E-state index in [0.29, 0.717) is 0 Å². The van der Waals surface area contributed by atoms with E-state index in [9.17, 15) is 18.9 Å². The summed E-state index contributed by atoms with van der Waals surface area (Å²) in [4.78, 5) is 18.5. The number of hydrogen-bond acceptors (Lipinski definition) is 7. The van der Waals surface area contributed by atoms with Crippen LogP contribution in [0.4, 0.5) is 0 Å². The molecule has 2 fully saturated rings. The van der Waals surface area contributed by atoms with Crippen LogP contribution in [0.3, 0.4) is 0 Å². The standard InChI is InChI=1S/C7H17N2O7P3/c10-18(11)14-5-8-6-3-1-2-4-7(6)9-17-15-19(12,13)16-18/h6-9,17H,1-5H2,(H,10,11)(H,12,13)/t6-,7+/m1/s1. The molecule has 0 aromatic heterocycles. The maximum absolute atomic E-state index is 11.4. The van der Waals surface area contributed by atoms with E-state index in [0.717, 1.165) is 25.7 Å². The molecule has 3 unspecified atom stereocenters. The lowest BCUT2D eigenvalue weighted by Crippen LogP contribution is -2.47. The third-order valence-corrected chi connectivity index (χ3v) is 6.83. The molecule has 0 aromatic carbocycles. The fourth-order valence-corrected chi connectivity index (χ4v) is 5.18. The summed E-state index contributed by atoms with van der Waals surface area (Å²) < 4.78 is 36.1. The summed E-state index contributed by atoms with van der Waals surface area (Å²) in [7, 11) is -9.72. The zero-order valence-electron chi connectivity index (χ0n) is 10.0. The molecule has 1 heterocycles. The van der Waals surface area contributed by atoms with Gasteiger partial charge in [0.1, 0.15) is 15.7 Å². The Kier molecular flexibility index (Phi) is 5.54. The second-order valence-corrected chi connectivity index (χ2v) is 8.34. The van der Waals surface area contributed by atoms with Gasteiger partial charge in [0, 0.05) is 12.1 Å². The minimum atomic E-state index is -4.62. The summed E-state index contributed by atoms with van der Waals surface area (Å²) in [6, 6.07) is 0.118. The maximum atomic E-state index is 11.4. The zero-order chi connectivity index (χ0) is 13.9. The van der Waals surface area contributed by atoms with Crippen molar-refractivity contribution in [3.05, 3.63) is 0 Å². The van der Waals surface area contributed by atoms with Crippen LogP contribution in [-0.4, -0.2) is 28.6 Å². The molecular formula is C7H17N2O7P3. The van der Waals surface area contributed by atoms with Crippen LogP contribution in [0.1, 0.15) is 25.7 Å². The fraction of sp³-hybridized carbons (Fsp3) is 1.00. The quantitative estimate of drug-likeness (QED) is 0.483. The van der Waals surface area contributed by atoms with E-state index in [1.807, 2.05) is 0 Å². The molecule has 2 rings (SSSR count). The molecule has 112 valence electrons. The molecule has 0 bridgehead atoms. The molecule has 0 amide bonds. The number of phosphoric acid groups is 2. The topological polar surface area (TPSA) is 126 Å². The summed E-state index contributed by atoms with van der Waals surface area (Å²) in [5, 5.41) is 5.99. The van der Waals surface area contributed by atoms with Crippen molar-refractivity contribution in [1.29, 1.82) is 0 Å². The summed E-state index contributed by atoms with van der Waals surface area (Å²) in [5.41, 5.74) is 0. The van der Waals surface area contributed by atoms with Crippen molar-refractivity contribution < 1.29 is 32.1 Å². The van der Waals surface area contributed by atoms with Crippen LogP contribution >= 0.6 is 24.6 Å². The Hall–Kier alpha value is 0.610. The summed E-state index contributed by atoms with van der Waals surface area (Å²) in [5.74, 6) is 0. The molecule has 0 spiro atoms. The van der Waals surface area contributed by atoms with Gasteiger partial charge in [0.2, 0.25) is 0 Å². The van der Waals surface area contributed by atoms with Gasteiger partial charge in [-0.25, -0.2) is 9.13 Å². The number of hydrogen-bond donors (Lipinski definition) is 4. The van der Waals surface area contributed by atoms with Gasteiger partial charge in [-0.05, 0) is 12.8 Å². The lowest BCUT2D eigenvalue weighted by atomic mass is 9.91. The van der Waals surface area contributed by atoms with Crippen molar-refractivity contribution in [2.75, 3.05) is 6.73 Å². The average Bonchev–Trinajstić information content (AvgIpc) is 2.30. The number of phosphoric ester groups is 1. The third kappa shape index (κ3) is 5.14. The highest BCUT2D eigenvalue weighted by molar-refractivity contribution is 7.64. The number of nitrogens with one attached hydrogen (secondary N) is 2. The average molecular weight is 334 g/mol. The Balaban J connectivity index is 2.06. The molecule has 1 saturated heterocycles. The molecule has 19 heavy (non-hydrogen) atoms. The van der Waals surface area contributed by atoms with Crippen molar-refractivity contribution in [2.24, 2.45) is 0 Å². The van der Waals surface area contributed by atoms with Crippen LogP contribution < -0.4 is 10.4 Å². The highest BCUT2D eigenvalue weighted by Crippen LogP contribution is 2.62. The first-order valence-electron chi connectivity index (χ1n) is 5.82. The third-order valence-electron chi connectivity index (χ3n) is 2.95. The minimum Gasteiger partial charge on any atom is -0.302 e.